The van der Waals surface area contributed by atoms with Crippen molar-refractivity contribution in [2.45, 2.75) is 0 Å². The number of esters is 1. The van der Waals surface area contributed by atoms with Crippen LogP contribution in [0.15, 0.2) is 60.1 Å². The third-order valence-corrected chi connectivity index (χ3v) is 4.80. The van der Waals surface area contributed by atoms with Crippen LogP contribution in [0.3, 0.4) is 0 Å². The summed E-state index contributed by atoms with van der Waals surface area (Å²) in [6.07, 6.45) is 1.54. The van der Waals surface area contributed by atoms with Crippen LogP contribution >= 0.6 is 11.3 Å². The van der Waals surface area contributed by atoms with Gasteiger partial charge in [0.2, 0.25) is 0 Å². The molecule has 7 heteroatoms. The first-order chi connectivity index (χ1) is 13.7. The van der Waals surface area contributed by atoms with Gasteiger partial charge in [0.05, 0.1) is 31.2 Å². The molecule has 1 aromatic heterocycles. The summed E-state index contributed by atoms with van der Waals surface area (Å²) in [5.74, 6) is 0.286. The van der Waals surface area contributed by atoms with Crippen molar-refractivity contribution in [1.82, 2.24) is 4.98 Å². The first-order valence-corrected chi connectivity index (χ1v) is 9.18. The summed E-state index contributed by atoms with van der Waals surface area (Å²) < 4.78 is 10.0. The van der Waals surface area contributed by atoms with Crippen molar-refractivity contribution in [1.29, 1.82) is 5.26 Å². The predicted molar refractivity (Wildman–Crippen MR) is 109 cm³/mol. The Kier molecular flexibility index (Phi) is 6.04. The van der Waals surface area contributed by atoms with Crippen LogP contribution in [-0.4, -0.2) is 25.2 Å². The zero-order valence-corrected chi connectivity index (χ0v) is 16.1. The van der Waals surface area contributed by atoms with Gasteiger partial charge in [-0.1, -0.05) is 24.3 Å². The molecule has 3 rings (SSSR count). The van der Waals surface area contributed by atoms with E-state index in [-0.39, 0.29) is 0 Å². The Labute approximate surface area is 166 Å². The van der Waals surface area contributed by atoms with Gasteiger partial charge in [0.25, 0.3) is 0 Å². The molecule has 2 aromatic carbocycles. The highest BCUT2D eigenvalue weighted by molar-refractivity contribution is 7.11. The van der Waals surface area contributed by atoms with E-state index in [0.717, 1.165) is 17.0 Å². The van der Waals surface area contributed by atoms with Crippen LogP contribution in [-0.2, 0) is 4.74 Å². The molecular formula is C21H17N3O3S. The molecule has 0 saturated heterocycles. The average Bonchev–Trinajstić information content (AvgIpc) is 3.24. The second-order valence-electron chi connectivity index (χ2n) is 5.62. The minimum Gasteiger partial charge on any atom is -0.497 e. The minimum absolute atomic E-state index is 0.360. The number of rotatable bonds is 6. The van der Waals surface area contributed by atoms with Crippen molar-refractivity contribution >= 4 is 28.6 Å². The number of nitrogens with zero attached hydrogens (tertiary/aromatic N) is 2. The summed E-state index contributed by atoms with van der Waals surface area (Å²) in [5, 5.41) is 15.0. The molecular weight excluding hydrogens is 374 g/mol. The van der Waals surface area contributed by atoms with Crippen LogP contribution in [0.2, 0.25) is 0 Å². The highest BCUT2D eigenvalue weighted by Gasteiger charge is 2.12. The standard InChI is InChI=1S/C21H17N3O3S/c1-26-16-7-5-6-14(10-16)19-13-28-20(24-19)15(11-22)12-23-18-9-4-3-8-17(18)21(25)27-2/h3-10,12-13,23H,1-2H3/b15-12+. The molecule has 3 aromatic rings. The number of hydrogen-bond acceptors (Lipinski definition) is 7. The summed E-state index contributed by atoms with van der Waals surface area (Å²) in [5.41, 5.74) is 2.96. The van der Waals surface area contributed by atoms with Crippen LogP contribution in [0.25, 0.3) is 16.8 Å². The summed E-state index contributed by atoms with van der Waals surface area (Å²) in [4.78, 5) is 16.4. The summed E-state index contributed by atoms with van der Waals surface area (Å²) in [6, 6.07) is 16.6. The third-order valence-electron chi connectivity index (χ3n) is 3.92. The smallest absolute Gasteiger partial charge is 0.339 e. The number of methoxy groups -OCH3 is 2. The average molecular weight is 391 g/mol. The monoisotopic (exact) mass is 391 g/mol. The quantitative estimate of drug-likeness (QED) is 0.489. The van der Waals surface area contributed by atoms with E-state index in [0.29, 0.717) is 21.8 Å². The van der Waals surface area contributed by atoms with E-state index in [4.69, 9.17) is 9.47 Å². The van der Waals surface area contributed by atoms with Crippen LogP contribution in [0.5, 0.6) is 5.75 Å². The summed E-state index contributed by atoms with van der Waals surface area (Å²) in [6.45, 7) is 0. The first-order valence-electron chi connectivity index (χ1n) is 8.30. The van der Waals surface area contributed by atoms with Crippen molar-refractivity contribution in [2.24, 2.45) is 0 Å². The van der Waals surface area contributed by atoms with Crippen LogP contribution < -0.4 is 10.1 Å². The van der Waals surface area contributed by atoms with Crippen molar-refractivity contribution in [3.8, 4) is 23.1 Å². The van der Waals surface area contributed by atoms with E-state index in [1.807, 2.05) is 29.6 Å². The molecule has 0 radical (unpaired) electrons. The van der Waals surface area contributed by atoms with Crippen molar-refractivity contribution in [3.05, 3.63) is 70.7 Å². The van der Waals surface area contributed by atoms with E-state index in [9.17, 15) is 10.1 Å². The lowest BCUT2D eigenvalue weighted by Crippen LogP contribution is -2.05. The highest BCUT2D eigenvalue weighted by Crippen LogP contribution is 2.28. The van der Waals surface area contributed by atoms with Gasteiger partial charge < -0.3 is 14.8 Å². The number of thiazole rings is 1. The number of hydrogen-bond donors (Lipinski definition) is 1. The third kappa shape index (κ3) is 4.19. The Morgan fingerprint density at radius 3 is 2.79 bits per heavy atom. The molecule has 6 nitrogen and oxygen atoms in total. The molecule has 0 saturated carbocycles. The van der Waals surface area contributed by atoms with E-state index in [1.165, 1.54) is 24.6 Å². The predicted octanol–water partition coefficient (Wildman–Crippen LogP) is 4.58. The zero-order chi connectivity index (χ0) is 19.9. The fraction of sp³-hybridized carbons (Fsp3) is 0.0952. The molecule has 0 amide bonds. The molecule has 0 fully saturated rings. The number of anilines is 1. The number of carbonyl (C=O) groups excluding carboxylic acids is 1. The van der Waals surface area contributed by atoms with Crippen molar-refractivity contribution in [3.63, 3.8) is 0 Å². The molecule has 1 N–H and O–H groups in total. The first kappa shape index (κ1) is 19.1. The fourth-order valence-corrected chi connectivity index (χ4v) is 3.30. The fourth-order valence-electron chi connectivity index (χ4n) is 2.50. The van der Waals surface area contributed by atoms with Gasteiger partial charge in [-0.05, 0) is 24.3 Å². The molecule has 140 valence electrons. The normalized spacial score (nSPS) is 10.8. The Balaban J connectivity index is 1.86. The van der Waals surface area contributed by atoms with Gasteiger partial charge in [0.1, 0.15) is 22.4 Å². The minimum atomic E-state index is -0.454. The maximum Gasteiger partial charge on any atom is 0.339 e. The number of allylic oxidation sites excluding steroid dienone is 1. The van der Waals surface area contributed by atoms with Crippen LogP contribution in [0.1, 0.15) is 15.4 Å². The van der Waals surface area contributed by atoms with E-state index >= 15 is 0 Å². The summed E-state index contributed by atoms with van der Waals surface area (Å²) in [7, 11) is 2.94. The number of nitriles is 1. The maximum atomic E-state index is 11.9. The Morgan fingerprint density at radius 2 is 2.04 bits per heavy atom. The van der Waals surface area contributed by atoms with Crippen LogP contribution in [0.4, 0.5) is 5.69 Å². The number of ether oxygens (including phenoxy) is 2. The molecule has 0 spiro atoms. The second-order valence-corrected chi connectivity index (χ2v) is 6.48. The van der Waals surface area contributed by atoms with Gasteiger partial charge in [-0.15, -0.1) is 11.3 Å². The van der Waals surface area contributed by atoms with E-state index in [2.05, 4.69) is 16.4 Å². The lowest BCUT2D eigenvalue weighted by Gasteiger charge is -2.07. The lowest BCUT2D eigenvalue weighted by molar-refractivity contribution is 0.0602. The molecule has 0 bridgehead atoms. The number of nitrogens with one attached hydrogen (secondary N) is 1. The highest BCUT2D eigenvalue weighted by atomic mass is 32.1. The van der Waals surface area contributed by atoms with Gasteiger partial charge in [-0.2, -0.15) is 5.26 Å². The molecule has 1 heterocycles. The van der Waals surface area contributed by atoms with Crippen LogP contribution in [0, 0.1) is 11.3 Å². The molecule has 0 aliphatic heterocycles. The van der Waals surface area contributed by atoms with Crippen molar-refractivity contribution < 1.29 is 14.3 Å². The Hall–Kier alpha value is -3.63. The van der Waals surface area contributed by atoms with Gasteiger partial charge in [-0.3, -0.25) is 0 Å². The Bertz CT molecular complexity index is 1070. The maximum absolute atomic E-state index is 11.9. The van der Waals surface area contributed by atoms with Gasteiger partial charge in [0.15, 0.2) is 0 Å². The van der Waals surface area contributed by atoms with Gasteiger partial charge in [0, 0.05) is 17.1 Å². The molecule has 0 atom stereocenters. The van der Waals surface area contributed by atoms with Crippen molar-refractivity contribution in [2.75, 3.05) is 19.5 Å². The SMILES string of the molecule is COC(=O)c1ccccc1N/C=C(\C#N)c1nc(-c2cccc(OC)c2)cs1. The van der Waals surface area contributed by atoms with E-state index in [1.54, 1.807) is 31.4 Å². The van der Waals surface area contributed by atoms with Gasteiger partial charge >= 0.3 is 5.97 Å². The number of para-hydroxylation sites is 1. The van der Waals surface area contributed by atoms with E-state index < -0.39 is 5.97 Å². The molecule has 0 aliphatic carbocycles. The topological polar surface area (TPSA) is 84.2 Å². The van der Waals surface area contributed by atoms with Gasteiger partial charge in [-0.25, -0.2) is 9.78 Å². The molecule has 28 heavy (non-hydrogen) atoms. The zero-order valence-electron chi connectivity index (χ0n) is 15.3. The second kappa shape index (κ2) is 8.84. The summed E-state index contributed by atoms with van der Waals surface area (Å²) >= 11 is 1.37. The Morgan fingerprint density at radius 1 is 1.21 bits per heavy atom. The lowest BCUT2D eigenvalue weighted by atomic mass is 10.1. The number of carbonyl (C=O) groups is 1. The number of benzene rings is 2. The largest absolute Gasteiger partial charge is 0.497 e. The molecule has 0 aliphatic rings. The number of aromatic nitrogens is 1. The molecule has 0 unspecified atom stereocenters.